The predicted octanol–water partition coefficient (Wildman–Crippen LogP) is 4.66. The molecule has 0 fully saturated rings. The number of nitriles is 2. The van der Waals surface area contributed by atoms with Crippen molar-refractivity contribution in [1.29, 1.82) is 10.5 Å². The molecule has 3 aromatic rings. The Bertz CT molecular complexity index is 1090. The van der Waals surface area contributed by atoms with Crippen molar-refractivity contribution < 1.29 is 4.74 Å². The lowest BCUT2D eigenvalue weighted by Crippen LogP contribution is -2.08. The number of hydrogen-bond acceptors (Lipinski definition) is 7. The molecule has 0 saturated heterocycles. The van der Waals surface area contributed by atoms with Gasteiger partial charge in [-0.05, 0) is 61.4 Å². The van der Waals surface area contributed by atoms with Crippen LogP contribution in [-0.2, 0) is 0 Å². The smallest absolute Gasteiger partial charge is 0.247 e. The highest BCUT2D eigenvalue weighted by molar-refractivity contribution is 9.10. The Morgan fingerprint density at radius 2 is 1.64 bits per heavy atom. The van der Waals surface area contributed by atoms with Gasteiger partial charge in [0.2, 0.25) is 11.8 Å². The van der Waals surface area contributed by atoms with E-state index >= 15 is 0 Å². The molecule has 8 heteroatoms. The van der Waals surface area contributed by atoms with Crippen LogP contribution in [0.15, 0.2) is 42.6 Å². The minimum Gasteiger partial charge on any atom is -0.436 e. The Morgan fingerprint density at radius 3 is 2.21 bits per heavy atom. The van der Waals surface area contributed by atoms with Crippen LogP contribution in [0.1, 0.15) is 22.3 Å². The Morgan fingerprint density at radius 1 is 1.04 bits per heavy atom. The van der Waals surface area contributed by atoms with E-state index in [2.05, 4.69) is 38.3 Å². The van der Waals surface area contributed by atoms with Crippen molar-refractivity contribution >= 4 is 33.5 Å². The first-order valence-electron chi connectivity index (χ1n) is 8.20. The van der Waals surface area contributed by atoms with Crippen LogP contribution in [0.2, 0.25) is 0 Å². The van der Waals surface area contributed by atoms with Crippen molar-refractivity contribution in [2.24, 2.45) is 0 Å². The average molecular weight is 435 g/mol. The van der Waals surface area contributed by atoms with E-state index in [0.29, 0.717) is 22.8 Å². The minimum atomic E-state index is 0.207. The quantitative estimate of drug-likeness (QED) is 0.593. The van der Waals surface area contributed by atoms with Gasteiger partial charge in [0.1, 0.15) is 11.4 Å². The number of nitrogens with two attached hydrogens (primary N) is 1. The van der Waals surface area contributed by atoms with Gasteiger partial charge in [-0.25, -0.2) is 8.91 Å². The second-order valence-corrected chi connectivity index (χ2v) is 6.73. The number of nitrogen functional groups attached to an aromatic ring is 1. The van der Waals surface area contributed by atoms with Gasteiger partial charge in [-0.2, -0.15) is 15.5 Å². The van der Waals surface area contributed by atoms with Gasteiger partial charge in [0.05, 0.1) is 51.3 Å². The molecule has 28 heavy (non-hydrogen) atoms. The molecule has 0 radical (unpaired) electrons. The van der Waals surface area contributed by atoms with Crippen molar-refractivity contribution in [2.75, 3.05) is 9.66 Å². The summed E-state index contributed by atoms with van der Waals surface area (Å²) in [5.41, 5.74) is 9.74. The van der Waals surface area contributed by atoms with E-state index in [-0.39, 0.29) is 11.6 Å². The molecule has 0 saturated carbocycles. The zero-order valence-corrected chi connectivity index (χ0v) is 16.7. The van der Waals surface area contributed by atoms with Crippen LogP contribution in [0.25, 0.3) is 0 Å². The molecular formula is C20H15BrN6O. The molecule has 0 atom stereocenters. The van der Waals surface area contributed by atoms with Crippen molar-refractivity contribution in [3.63, 3.8) is 0 Å². The number of rotatable bonds is 4. The number of ether oxygens (including phenoxy) is 1. The standard InChI is InChI=1S/C20H15BrN6O/c1-12-7-15(10-23)8-13(2)18(12)28-19-17(24)11-25-20(26-19)27(21)16-5-3-14(9-22)4-6-16/h3-8,11H,24H2,1-2H3. The van der Waals surface area contributed by atoms with Gasteiger partial charge in [0.15, 0.2) is 0 Å². The molecule has 2 aromatic carbocycles. The summed E-state index contributed by atoms with van der Waals surface area (Å²) in [5.74, 6) is 1.12. The highest BCUT2D eigenvalue weighted by Gasteiger charge is 2.15. The van der Waals surface area contributed by atoms with Gasteiger partial charge >= 0.3 is 0 Å². The number of halogens is 1. The highest BCUT2D eigenvalue weighted by atomic mass is 79.9. The summed E-state index contributed by atoms with van der Waals surface area (Å²) in [7, 11) is 0. The van der Waals surface area contributed by atoms with Gasteiger partial charge < -0.3 is 10.5 Å². The zero-order valence-electron chi connectivity index (χ0n) is 15.1. The molecule has 0 aliphatic heterocycles. The van der Waals surface area contributed by atoms with Gasteiger partial charge in [-0.3, -0.25) is 0 Å². The first kappa shape index (κ1) is 19.2. The SMILES string of the molecule is Cc1cc(C#N)cc(C)c1Oc1nc(N(Br)c2ccc(C#N)cc2)ncc1N. The normalized spacial score (nSPS) is 10.0. The monoisotopic (exact) mass is 434 g/mol. The van der Waals surface area contributed by atoms with E-state index in [1.165, 1.54) is 6.20 Å². The van der Waals surface area contributed by atoms with Crippen LogP contribution in [-0.4, -0.2) is 9.97 Å². The third-order valence-electron chi connectivity index (χ3n) is 3.95. The number of benzene rings is 2. The van der Waals surface area contributed by atoms with E-state index in [4.69, 9.17) is 21.0 Å². The molecule has 0 amide bonds. The number of aryl methyl sites for hydroxylation is 2. The van der Waals surface area contributed by atoms with Crippen LogP contribution in [0.4, 0.5) is 17.3 Å². The first-order chi connectivity index (χ1) is 13.4. The van der Waals surface area contributed by atoms with E-state index < -0.39 is 0 Å². The molecule has 138 valence electrons. The Hall–Kier alpha value is -3.62. The predicted molar refractivity (Wildman–Crippen MR) is 109 cm³/mol. The maximum atomic E-state index is 9.09. The average Bonchev–Trinajstić information content (AvgIpc) is 2.71. The van der Waals surface area contributed by atoms with Crippen molar-refractivity contribution in [3.8, 4) is 23.8 Å². The van der Waals surface area contributed by atoms with Crippen molar-refractivity contribution in [2.45, 2.75) is 13.8 Å². The maximum absolute atomic E-state index is 9.09. The van der Waals surface area contributed by atoms with E-state index in [9.17, 15) is 0 Å². The Kier molecular flexibility index (Phi) is 5.44. The third kappa shape index (κ3) is 3.88. The van der Waals surface area contributed by atoms with Crippen LogP contribution >= 0.6 is 16.1 Å². The van der Waals surface area contributed by atoms with Crippen LogP contribution in [0, 0.1) is 36.5 Å². The lowest BCUT2D eigenvalue weighted by atomic mass is 10.1. The molecule has 0 bridgehead atoms. The summed E-state index contributed by atoms with van der Waals surface area (Å²) in [6, 6.07) is 14.6. The van der Waals surface area contributed by atoms with Crippen LogP contribution < -0.4 is 14.4 Å². The fourth-order valence-corrected chi connectivity index (χ4v) is 3.01. The number of hydrogen-bond donors (Lipinski definition) is 1. The number of aromatic nitrogens is 2. The molecule has 1 heterocycles. The summed E-state index contributed by atoms with van der Waals surface area (Å²) in [4.78, 5) is 8.63. The summed E-state index contributed by atoms with van der Waals surface area (Å²) in [5, 5.41) is 18.0. The van der Waals surface area contributed by atoms with Crippen molar-refractivity contribution in [1.82, 2.24) is 9.97 Å². The lowest BCUT2D eigenvalue weighted by molar-refractivity contribution is 0.458. The summed E-state index contributed by atoms with van der Waals surface area (Å²) in [6.07, 6.45) is 1.46. The van der Waals surface area contributed by atoms with Crippen LogP contribution in [0.3, 0.4) is 0 Å². The maximum Gasteiger partial charge on any atom is 0.247 e. The van der Waals surface area contributed by atoms with Gasteiger partial charge in [0.25, 0.3) is 0 Å². The van der Waals surface area contributed by atoms with E-state index in [0.717, 1.165) is 16.8 Å². The van der Waals surface area contributed by atoms with Gasteiger partial charge in [0, 0.05) is 0 Å². The first-order valence-corrected chi connectivity index (χ1v) is 8.91. The largest absolute Gasteiger partial charge is 0.436 e. The third-order valence-corrected chi connectivity index (χ3v) is 4.68. The Labute approximate surface area is 171 Å². The fourth-order valence-electron chi connectivity index (χ4n) is 2.60. The van der Waals surface area contributed by atoms with Gasteiger partial charge in [-0.15, -0.1) is 0 Å². The molecular weight excluding hydrogens is 420 g/mol. The molecule has 1 aromatic heterocycles. The fraction of sp³-hybridized carbons (Fsp3) is 0.100. The molecule has 7 nitrogen and oxygen atoms in total. The summed E-state index contributed by atoms with van der Waals surface area (Å²) < 4.78 is 7.54. The van der Waals surface area contributed by atoms with E-state index in [1.807, 2.05) is 13.8 Å². The molecule has 0 spiro atoms. The number of anilines is 3. The van der Waals surface area contributed by atoms with Crippen LogP contribution in [0.5, 0.6) is 11.6 Å². The molecule has 2 N–H and O–H groups in total. The summed E-state index contributed by atoms with van der Waals surface area (Å²) in [6.45, 7) is 3.71. The highest BCUT2D eigenvalue weighted by Crippen LogP contribution is 2.34. The second-order valence-electron chi connectivity index (χ2n) is 6.02. The molecule has 0 aliphatic carbocycles. The molecule has 0 unspecified atom stereocenters. The summed E-state index contributed by atoms with van der Waals surface area (Å²) >= 11 is 3.43. The molecule has 3 rings (SSSR count). The molecule has 0 aliphatic rings. The van der Waals surface area contributed by atoms with Crippen molar-refractivity contribution in [3.05, 3.63) is 64.8 Å². The Balaban J connectivity index is 1.94. The van der Waals surface area contributed by atoms with Gasteiger partial charge in [-0.1, -0.05) is 0 Å². The topological polar surface area (TPSA) is 112 Å². The minimum absolute atomic E-state index is 0.207. The number of nitrogens with zero attached hydrogens (tertiary/aromatic N) is 5. The lowest BCUT2D eigenvalue weighted by Gasteiger charge is -2.17. The second kappa shape index (κ2) is 7.95. The van der Waals surface area contributed by atoms with E-state index in [1.54, 1.807) is 40.3 Å². The zero-order chi connectivity index (χ0) is 20.3.